The molecular weight excluding hydrogens is 420 g/mol. The molecule has 0 radical (unpaired) electrons. The van der Waals surface area contributed by atoms with E-state index in [1.54, 1.807) is 0 Å². The van der Waals surface area contributed by atoms with E-state index in [-0.39, 0.29) is 30.0 Å². The summed E-state index contributed by atoms with van der Waals surface area (Å²) in [5.41, 5.74) is 0. The van der Waals surface area contributed by atoms with Crippen LogP contribution < -0.4 is 5.32 Å². The lowest BCUT2D eigenvalue weighted by molar-refractivity contribution is -0.198. The molecule has 33 heavy (non-hydrogen) atoms. The smallest absolute Gasteiger partial charge is 0.245 e. The summed E-state index contributed by atoms with van der Waals surface area (Å²) in [5, 5.41) is 3.36. The van der Waals surface area contributed by atoms with E-state index < -0.39 is 5.79 Å². The van der Waals surface area contributed by atoms with E-state index in [4.69, 9.17) is 9.47 Å². The van der Waals surface area contributed by atoms with Gasteiger partial charge in [0.1, 0.15) is 6.04 Å². The van der Waals surface area contributed by atoms with Crippen LogP contribution in [0, 0.1) is 11.8 Å². The first-order valence-corrected chi connectivity index (χ1v) is 12.9. The Labute approximate surface area is 200 Å². The second-order valence-corrected chi connectivity index (χ2v) is 11.2. The highest BCUT2D eigenvalue weighted by Crippen LogP contribution is 2.35. The molecule has 3 aliphatic heterocycles. The number of amides is 2. The molecule has 3 fully saturated rings. The molecule has 3 rings (SSSR count). The normalized spacial score (nSPS) is 26.8. The molecule has 0 bridgehead atoms. The molecule has 3 saturated heterocycles. The quantitative estimate of drug-likeness (QED) is 0.560. The molecule has 2 amide bonds. The maximum absolute atomic E-state index is 13.7. The third-order valence-electron chi connectivity index (χ3n) is 7.04. The Morgan fingerprint density at radius 3 is 2.45 bits per heavy atom. The third kappa shape index (κ3) is 6.90. The fourth-order valence-corrected chi connectivity index (χ4v) is 5.23. The summed E-state index contributed by atoms with van der Waals surface area (Å²) in [6.07, 6.45) is 3.96. The third-order valence-corrected chi connectivity index (χ3v) is 7.04. The number of piperazine rings is 1. The Bertz CT molecular complexity index is 661. The first kappa shape index (κ1) is 26.4. The number of ether oxygens (including phenoxy) is 2. The molecular formula is C25H46N4O4. The summed E-state index contributed by atoms with van der Waals surface area (Å²) in [4.78, 5) is 32.9. The molecule has 0 saturated carbocycles. The molecule has 0 aliphatic carbocycles. The average molecular weight is 467 g/mol. The Hall–Kier alpha value is -1.22. The van der Waals surface area contributed by atoms with Crippen LogP contribution in [0.25, 0.3) is 0 Å². The molecule has 0 aromatic carbocycles. The highest BCUT2D eigenvalue weighted by Gasteiger charge is 2.46. The van der Waals surface area contributed by atoms with Gasteiger partial charge in [-0.25, -0.2) is 0 Å². The second kappa shape index (κ2) is 11.5. The lowest BCUT2D eigenvalue weighted by Gasteiger charge is -2.43. The van der Waals surface area contributed by atoms with Crippen LogP contribution in [-0.4, -0.2) is 104 Å². The van der Waals surface area contributed by atoms with Gasteiger partial charge in [-0.3, -0.25) is 9.59 Å². The number of nitrogens with zero attached hydrogens (tertiary/aromatic N) is 3. The number of carbonyl (C=O) groups is 2. The second-order valence-electron chi connectivity index (χ2n) is 11.2. The van der Waals surface area contributed by atoms with Gasteiger partial charge in [-0.05, 0) is 45.2 Å². The largest absolute Gasteiger partial charge is 0.347 e. The van der Waals surface area contributed by atoms with Gasteiger partial charge in [0.25, 0.3) is 0 Å². The molecule has 0 aromatic rings. The van der Waals surface area contributed by atoms with Crippen molar-refractivity contribution >= 4 is 11.8 Å². The Kier molecular flexibility index (Phi) is 9.17. The van der Waals surface area contributed by atoms with Crippen LogP contribution >= 0.6 is 0 Å². The van der Waals surface area contributed by atoms with Gasteiger partial charge in [-0.1, -0.05) is 27.7 Å². The standard InChI is InChI=1S/C25H46N4O4/c1-18(2)15-21-23(30)29(14-10-26-21)22(16-19(3)4)24(31)28-12-8-25(9-13-28)32-17-20(33-25)7-11-27(5)6/h18-22,26H,7-17H2,1-6H3/t20?,21-,22?/m0/s1. The highest BCUT2D eigenvalue weighted by atomic mass is 16.7. The number of nitrogens with one attached hydrogen (secondary N) is 1. The lowest BCUT2D eigenvalue weighted by atomic mass is 9.95. The molecule has 2 unspecified atom stereocenters. The fourth-order valence-electron chi connectivity index (χ4n) is 5.23. The van der Waals surface area contributed by atoms with Crippen LogP contribution in [0.15, 0.2) is 0 Å². The molecule has 8 nitrogen and oxygen atoms in total. The molecule has 1 N–H and O–H groups in total. The maximum Gasteiger partial charge on any atom is 0.245 e. The molecule has 3 heterocycles. The topological polar surface area (TPSA) is 74.4 Å². The predicted octanol–water partition coefficient (Wildman–Crippen LogP) is 1.93. The van der Waals surface area contributed by atoms with Gasteiger partial charge in [-0.15, -0.1) is 0 Å². The van der Waals surface area contributed by atoms with E-state index in [0.717, 1.165) is 25.9 Å². The van der Waals surface area contributed by atoms with Crippen molar-refractivity contribution in [2.45, 2.75) is 83.8 Å². The van der Waals surface area contributed by atoms with Gasteiger partial charge < -0.3 is 29.5 Å². The van der Waals surface area contributed by atoms with Crippen molar-refractivity contribution < 1.29 is 19.1 Å². The SMILES string of the molecule is CC(C)CC(C(=O)N1CCC2(CC1)OCC(CCN(C)C)O2)N1CCN[C@@H](CC(C)C)C1=O. The predicted molar refractivity (Wildman–Crippen MR) is 129 cm³/mol. The van der Waals surface area contributed by atoms with Crippen LogP contribution in [0.5, 0.6) is 0 Å². The van der Waals surface area contributed by atoms with Crippen molar-refractivity contribution in [3.63, 3.8) is 0 Å². The van der Waals surface area contributed by atoms with Crippen molar-refractivity contribution in [3.8, 4) is 0 Å². The van der Waals surface area contributed by atoms with Crippen LogP contribution in [0.4, 0.5) is 0 Å². The van der Waals surface area contributed by atoms with Gasteiger partial charge in [0, 0.05) is 45.6 Å². The zero-order valence-electron chi connectivity index (χ0n) is 21.6. The van der Waals surface area contributed by atoms with Gasteiger partial charge in [0.15, 0.2) is 5.79 Å². The van der Waals surface area contributed by atoms with E-state index in [2.05, 4.69) is 52.0 Å². The minimum atomic E-state index is -0.547. The van der Waals surface area contributed by atoms with Crippen molar-refractivity contribution in [2.75, 3.05) is 53.4 Å². The van der Waals surface area contributed by atoms with Crippen LogP contribution in [0.2, 0.25) is 0 Å². The van der Waals surface area contributed by atoms with E-state index in [1.165, 1.54) is 0 Å². The Balaban J connectivity index is 1.61. The monoisotopic (exact) mass is 466 g/mol. The Morgan fingerprint density at radius 1 is 1.15 bits per heavy atom. The number of carbonyl (C=O) groups excluding carboxylic acids is 2. The van der Waals surface area contributed by atoms with Crippen molar-refractivity contribution in [1.29, 1.82) is 0 Å². The summed E-state index contributed by atoms with van der Waals surface area (Å²) < 4.78 is 12.4. The van der Waals surface area contributed by atoms with Crippen LogP contribution in [0.3, 0.4) is 0 Å². The van der Waals surface area contributed by atoms with E-state index >= 15 is 0 Å². The Morgan fingerprint density at radius 2 is 1.85 bits per heavy atom. The summed E-state index contributed by atoms with van der Waals surface area (Å²) in [6.45, 7) is 12.7. The van der Waals surface area contributed by atoms with Gasteiger partial charge in [0.2, 0.25) is 11.8 Å². The fraction of sp³-hybridized carbons (Fsp3) is 0.920. The number of likely N-dealkylation sites (tertiary alicyclic amines) is 1. The first-order chi connectivity index (χ1) is 15.6. The maximum atomic E-state index is 13.7. The number of hydrogen-bond acceptors (Lipinski definition) is 6. The van der Waals surface area contributed by atoms with E-state index in [0.29, 0.717) is 57.3 Å². The summed E-state index contributed by atoms with van der Waals surface area (Å²) in [6, 6.07) is -0.577. The minimum absolute atomic E-state index is 0.0774. The molecule has 190 valence electrons. The average Bonchev–Trinajstić information content (AvgIpc) is 3.14. The van der Waals surface area contributed by atoms with Crippen LogP contribution in [-0.2, 0) is 19.1 Å². The van der Waals surface area contributed by atoms with Crippen molar-refractivity contribution in [1.82, 2.24) is 20.0 Å². The van der Waals surface area contributed by atoms with Gasteiger partial charge in [-0.2, -0.15) is 0 Å². The van der Waals surface area contributed by atoms with Gasteiger partial charge >= 0.3 is 0 Å². The number of hydrogen-bond donors (Lipinski definition) is 1. The van der Waals surface area contributed by atoms with E-state index in [1.807, 2.05) is 9.80 Å². The first-order valence-electron chi connectivity index (χ1n) is 12.9. The van der Waals surface area contributed by atoms with Crippen molar-refractivity contribution in [3.05, 3.63) is 0 Å². The van der Waals surface area contributed by atoms with E-state index in [9.17, 15) is 9.59 Å². The van der Waals surface area contributed by atoms with Gasteiger partial charge in [0.05, 0.1) is 18.8 Å². The zero-order valence-corrected chi connectivity index (χ0v) is 21.6. The van der Waals surface area contributed by atoms with Crippen LogP contribution in [0.1, 0.15) is 59.8 Å². The summed E-state index contributed by atoms with van der Waals surface area (Å²) in [7, 11) is 4.13. The van der Waals surface area contributed by atoms with Crippen molar-refractivity contribution in [2.24, 2.45) is 11.8 Å². The lowest BCUT2D eigenvalue weighted by Crippen LogP contribution is -2.62. The molecule has 0 aromatic heterocycles. The summed E-state index contributed by atoms with van der Waals surface area (Å²) in [5.74, 6) is 0.374. The molecule has 3 atom stereocenters. The minimum Gasteiger partial charge on any atom is -0.347 e. The molecule has 3 aliphatic rings. The number of rotatable bonds is 9. The molecule has 8 heteroatoms. The molecule has 1 spiro atoms. The zero-order chi connectivity index (χ0) is 24.2. The summed E-state index contributed by atoms with van der Waals surface area (Å²) >= 11 is 0. The highest BCUT2D eigenvalue weighted by molar-refractivity contribution is 5.90. The number of piperidine rings is 1.